The molecule has 1 aromatic rings. The topological polar surface area (TPSA) is 67.3 Å². The van der Waals surface area contributed by atoms with Gasteiger partial charge >= 0.3 is 10.2 Å². The van der Waals surface area contributed by atoms with E-state index in [1.165, 1.54) is 11.1 Å². The molecule has 7 heteroatoms. The van der Waals surface area contributed by atoms with E-state index in [9.17, 15) is 17.1 Å². The standard InChI is InChI=1S/C10H11FN2O3S/c1-7-2-3-8(5-12-7)13-6-9(4-10(13)14)17(11,15)16/h2-3,5,9H,4,6H2,1H3. The molecule has 0 aliphatic carbocycles. The zero-order chi connectivity index (χ0) is 12.6. The molecule has 0 spiro atoms. The lowest BCUT2D eigenvalue weighted by atomic mass is 10.3. The summed E-state index contributed by atoms with van der Waals surface area (Å²) in [6, 6.07) is 3.37. The van der Waals surface area contributed by atoms with Crippen LogP contribution in [0.4, 0.5) is 9.57 Å². The van der Waals surface area contributed by atoms with Crippen LogP contribution in [0.15, 0.2) is 18.3 Å². The molecule has 0 N–H and O–H groups in total. The summed E-state index contributed by atoms with van der Waals surface area (Å²) < 4.78 is 34.3. The Kier molecular flexibility index (Phi) is 2.86. The smallest absolute Gasteiger partial charge is 0.307 e. The minimum absolute atomic E-state index is 0.150. The summed E-state index contributed by atoms with van der Waals surface area (Å²) in [5.41, 5.74) is 1.28. The number of halogens is 1. The first-order valence-electron chi connectivity index (χ1n) is 5.04. The summed E-state index contributed by atoms with van der Waals surface area (Å²) in [5, 5.41) is -1.27. The van der Waals surface area contributed by atoms with Crippen LogP contribution >= 0.6 is 0 Å². The van der Waals surface area contributed by atoms with Crippen molar-refractivity contribution in [3.63, 3.8) is 0 Å². The first kappa shape index (κ1) is 12.0. The molecule has 0 saturated carbocycles. The maximum Gasteiger partial charge on any atom is 0.307 e. The highest BCUT2D eigenvalue weighted by Crippen LogP contribution is 2.25. The molecule has 92 valence electrons. The van der Waals surface area contributed by atoms with Gasteiger partial charge < -0.3 is 4.90 Å². The summed E-state index contributed by atoms with van der Waals surface area (Å²) >= 11 is 0. The van der Waals surface area contributed by atoms with E-state index in [2.05, 4.69) is 4.98 Å². The van der Waals surface area contributed by atoms with Crippen molar-refractivity contribution in [2.75, 3.05) is 11.4 Å². The van der Waals surface area contributed by atoms with E-state index in [1.54, 1.807) is 19.1 Å². The minimum Gasteiger partial charge on any atom is -0.309 e. The molecule has 1 aliphatic rings. The zero-order valence-electron chi connectivity index (χ0n) is 9.13. The number of hydrogen-bond donors (Lipinski definition) is 0. The molecule has 2 heterocycles. The summed E-state index contributed by atoms with van der Waals surface area (Å²) in [4.78, 5) is 16.8. The highest BCUT2D eigenvalue weighted by atomic mass is 32.3. The summed E-state index contributed by atoms with van der Waals surface area (Å²) in [6.07, 6.45) is 1.16. The number of carbonyl (C=O) groups excluding carboxylic acids is 1. The number of rotatable bonds is 2. The van der Waals surface area contributed by atoms with Crippen LogP contribution in [0, 0.1) is 6.92 Å². The monoisotopic (exact) mass is 258 g/mol. The molecule has 1 amide bonds. The highest BCUT2D eigenvalue weighted by molar-refractivity contribution is 7.87. The third kappa shape index (κ3) is 2.44. The molecule has 5 nitrogen and oxygen atoms in total. The predicted molar refractivity (Wildman–Crippen MR) is 59.8 cm³/mol. The van der Waals surface area contributed by atoms with E-state index in [1.807, 2.05) is 0 Å². The predicted octanol–water partition coefficient (Wildman–Crippen LogP) is 0.795. The molecule has 0 aromatic carbocycles. The Balaban J connectivity index is 2.24. The van der Waals surface area contributed by atoms with Crippen LogP contribution in [0.1, 0.15) is 12.1 Å². The Morgan fingerprint density at radius 3 is 2.65 bits per heavy atom. The number of carbonyl (C=O) groups is 1. The number of pyridine rings is 1. The Hall–Kier alpha value is -1.50. The van der Waals surface area contributed by atoms with Gasteiger partial charge in [-0.25, -0.2) is 0 Å². The van der Waals surface area contributed by atoms with Gasteiger partial charge in [0.15, 0.2) is 0 Å². The molecule has 1 unspecified atom stereocenters. The molecule has 1 aromatic heterocycles. The molecule has 17 heavy (non-hydrogen) atoms. The van der Waals surface area contributed by atoms with Gasteiger partial charge in [0, 0.05) is 18.7 Å². The molecular formula is C10H11FN2O3S. The molecule has 0 bridgehead atoms. The SMILES string of the molecule is Cc1ccc(N2CC(S(=O)(=O)F)CC2=O)cn1. The van der Waals surface area contributed by atoms with Crippen LogP contribution in [0.2, 0.25) is 0 Å². The van der Waals surface area contributed by atoms with Crippen LogP contribution in [0.5, 0.6) is 0 Å². The third-order valence-corrected chi connectivity index (χ3v) is 3.81. The van der Waals surface area contributed by atoms with E-state index in [-0.39, 0.29) is 13.0 Å². The van der Waals surface area contributed by atoms with Crippen molar-refractivity contribution in [3.05, 3.63) is 24.0 Å². The van der Waals surface area contributed by atoms with E-state index in [4.69, 9.17) is 0 Å². The van der Waals surface area contributed by atoms with Crippen LogP contribution in [0.25, 0.3) is 0 Å². The number of nitrogens with zero attached hydrogens (tertiary/aromatic N) is 2. The number of aryl methyl sites for hydroxylation is 1. The van der Waals surface area contributed by atoms with Crippen molar-refractivity contribution in [2.24, 2.45) is 0 Å². The second kappa shape index (κ2) is 4.06. The molecule has 1 aliphatic heterocycles. The number of amides is 1. The van der Waals surface area contributed by atoms with Gasteiger partial charge in [0.25, 0.3) is 0 Å². The number of hydrogen-bond acceptors (Lipinski definition) is 4. The van der Waals surface area contributed by atoms with E-state index >= 15 is 0 Å². The van der Waals surface area contributed by atoms with Gasteiger partial charge in [-0.1, -0.05) is 0 Å². The zero-order valence-corrected chi connectivity index (χ0v) is 9.95. The van der Waals surface area contributed by atoms with Gasteiger partial charge in [-0.3, -0.25) is 9.78 Å². The molecule has 1 fully saturated rings. The Labute approximate surface area is 98.5 Å². The van der Waals surface area contributed by atoms with Crippen LogP contribution in [-0.4, -0.2) is 31.1 Å². The average molecular weight is 258 g/mol. The fourth-order valence-corrected chi connectivity index (χ4v) is 2.40. The van der Waals surface area contributed by atoms with Crippen molar-refractivity contribution < 1.29 is 17.1 Å². The Bertz CT molecular complexity index is 541. The molecule has 2 rings (SSSR count). The number of aromatic nitrogens is 1. The van der Waals surface area contributed by atoms with Gasteiger partial charge in [-0.2, -0.15) is 8.42 Å². The van der Waals surface area contributed by atoms with Crippen molar-refractivity contribution in [1.82, 2.24) is 4.98 Å². The minimum atomic E-state index is -4.67. The van der Waals surface area contributed by atoms with Crippen LogP contribution < -0.4 is 4.90 Å². The first-order chi connectivity index (χ1) is 7.88. The normalized spacial score (nSPS) is 20.9. The maximum absolute atomic E-state index is 12.8. The van der Waals surface area contributed by atoms with Crippen LogP contribution in [-0.2, 0) is 15.0 Å². The van der Waals surface area contributed by atoms with E-state index in [0.29, 0.717) is 5.69 Å². The van der Waals surface area contributed by atoms with Gasteiger partial charge in [0.1, 0.15) is 5.25 Å². The van der Waals surface area contributed by atoms with Crippen LogP contribution in [0.3, 0.4) is 0 Å². The molecular weight excluding hydrogens is 247 g/mol. The van der Waals surface area contributed by atoms with Gasteiger partial charge in [-0.15, -0.1) is 3.89 Å². The third-order valence-electron chi connectivity index (χ3n) is 2.70. The maximum atomic E-state index is 12.8. The lowest BCUT2D eigenvalue weighted by molar-refractivity contribution is -0.117. The largest absolute Gasteiger partial charge is 0.309 e. The summed E-state index contributed by atoms with van der Waals surface area (Å²) in [6.45, 7) is 1.65. The first-order valence-corrected chi connectivity index (χ1v) is 6.49. The fourth-order valence-electron chi connectivity index (χ4n) is 1.73. The van der Waals surface area contributed by atoms with E-state index < -0.39 is 21.4 Å². The molecule has 0 radical (unpaired) electrons. The Morgan fingerprint density at radius 1 is 1.47 bits per heavy atom. The van der Waals surface area contributed by atoms with Crippen molar-refractivity contribution in [2.45, 2.75) is 18.6 Å². The highest BCUT2D eigenvalue weighted by Gasteiger charge is 2.39. The second-order valence-electron chi connectivity index (χ2n) is 3.96. The second-order valence-corrected chi connectivity index (χ2v) is 5.58. The van der Waals surface area contributed by atoms with Gasteiger partial charge in [-0.05, 0) is 19.1 Å². The summed E-state index contributed by atoms with van der Waals surface area (Å²) in [5.74, 6) is -0.401. The quantitative estimate of drug-likeness (QED) is 0.736. The number of anilines is 1. The lowest BCUT2D eigenvalue weighted by Gasteiger charge is -2.15. The van der Waals surface area contributed by atoms with Gasteiger partial charge in [0.05, 0.1) is 11.9 Å². The molecule has 1 saturated heterocycles. The summed E-state index contributed by atoms with van der Waals surface area (Å²) in [7, 11) is -4.67. The van der Waals surface area contributed by atoms with Crippen molar-refractivity contribution in [3.8, 4) is 0 Å². The molecule has 1 atom stereocenters. The van der Waals surface area contributed by atoms with Crippen molar-refractivity contribution >= 4 is 21.8 Å². The lowest BCUT2D eigenvalue weighted by Crippen LogP contribution is -2.26. The Morgan fingerprint density at radius 2 is 2.18 bits per heavy atom. The fraction of sp³-hybridized carbons (Fsp3) is 0.400. The van der Waals surface area contributed by atoms with Crippen molar-refractivity contribution in [1.29, 1.82) is 0 Å². The average Bonchev–Trinajstić information content (AvgIpc) is 2.61. The van der Waals surface area contributed by atoms with E-state index in [0.717, 1.165) is 5.69 Å². The van der Waals surface area contributed by atoms with Gasteiger partial charge in [0.2, 0.25) is 5.91 Å².